The van der Waals surface area contributed by atoms with Gasteiger partial charge in [0.05, 0.1) is 26.1 Å². The summed E-state index contributed by atoms with van der Waals surface area (Å²) in [5.41, 5.74) is 0. The van der Waals surface area contributed by atoms with E-state index in [1.54, 1.807) is 0 Å². The molecule has 0 radical (unpaired) electrons. The number of esters is 2. The van der Waals surface area contributed by atoms with E-state index in [2.05, 4.69) is 6.92 Å². The Hall–Kier alpha value is -0.710. The van der Waals surface area contributed by atoms with Crippen molar-refractivity contribution in [1.29, 1.82) is 0 Å². The molecule has 3 atom stereocenters. The smallest absolute Gasteiger partial charge is 0.311 e. The van der Waals surface area contributed by atoms with Crippen molar-refractivity contribution in [1.82, 2.24) is 0 Å². The minimum atomic E-state index is -0.366. The van der Waals surface area contributed by atoms with Gasteiger partial charge in [0.2, 0.25) is 0 Å². The Morgan fingerprint density at radius 1 is 0.913 bits per heavy atom. The number of hydrogen-bond donors (Lipinski definition) is 0. The van der Waals surface area contributed by atoms with E-state index < -0.39 is 0 Å². The Balaban J connectivity index is 1.77. The minimum Gasteiger partial charge on any atom is -0.469 e. The normalized spacial score (nSPS) is 50.3. The third-order valence-corrected chi connectivity index (χ3v) is 9.08. The maximum atomic E-state index is 12.7. The fourth-order valence-electron chi connectivity index (χ4n) is 6.56. The van der Waals surface area contributed by atoms with E-state index in [0.29, 0.717) is 11.8 Å². The van der Waals surface area contributed by atoms with Gasteiger partial charge in [-0.15, -0.1) is 11.8 Å². The summed E-state index contributed by atoms with van der Waals surface area (Å²) in [6.07, 6.45) is 6.30. The number of hydrogen-bond acceptors (Lipinski definition) is 5. The molecule has 1 aliphatic heterocycles. The summed E-state index contributed by atoms with van der Waals surface area (Å²) in [4.78, 5) is 25.2. The highest BCUT2D eigenvalue weighted by atomic mass is 32.2. The number of thioether (sulfide) groups is 1. The second-order valence-corrected chi connectivity index (χ2v) is 9.72. The molecule has 3 unspecified atom stereocenters. The first kappa shape index (κ1) is 15.8. The van der Waals surface area contributed by atoms with Crippen LogP contribution >= 0.6 is 11.8 Å². The molecule has 5 fully saturated rings. The Kier molecular flexibility index (Phi) is 3.71. The van der Waals surface area contributed by atoms with Crippen LogP contribution in [0.3, 0.4) is 0 Å². The zero-order valence-corrected chi connectivity index (χ0v) is 14.9. The van der Waals surface area contributed by atoms with Crippen LogP contribution in [0.5, 0.6) is 0 Å². The molecule has 4 aliphatic carbocycles. The summed E-state index contributed by atoms with van der Waals surface area (Å²) < 4.78 is 10.1. The van der Waals surface area contributed by atoms with E-state index in [1.165, 1.54) is 46.3 Å². The fraction of sp³-hybridized carbons (Fsp3) is 0.889. The molecule has 0 amide bonds. The minimum absolute atomic E-state index is 0.0984. The van der Waals surface area contributed by atoms with Gasteiger partial charge in [-0.2, -0.15) is 0 Å². The molecule has 1 spiro atoms. The van der Waals surface area contributed by atoms with E-state index in [-0.39, 0.29) is 33.8 Å². The molecule has 4 nitrogen and oxygen atoms in total. The standard InChI is InChI=1S/C18H26O4S/c1-9-14(16(19)21-2)15(17(20)22-3)18(23-9)12-5-10-4-11(7-12)8-13(18)6-10/h9-15H,4-8H2,1-3H3. The quantitative estimate of drug-likeness (QED) is 0.725. The first-order valence-corrected chi connectivity index (χ1v) is 9.72. The Bertz CT molecular complexity index is 503. The highest BCUT2D eigenvalue weighted by Crippen LogP contribution is 2.70. The van der Waals surface area contributed by atoms with Crippen LogP contribution in [0.1, 0.15) is 39.0 Å². The lowest BCUT2D eigenvalue weighted by Crippen LogP contribution is -2.60. The summed E-state index contributed by atoms with van der Waals surface area (Å²) >= 11 is 1.91. The lowest BCUT2D eigenvalue weighted by atomic mass is 9.48. The van der Waals surface area contributed by atoms with Crippen LogP contribution in [-0.2, 0) is 19.1 Å². The molecule has 5 aliphatic rings. The van der Waals surface area contributed by atoms with Gasteiger partial charge in [0.25, 0.3) is 0 Å². The van der Waals surface area contributed by atoms with Crippen LogP contribution < -0.4 is 0 Å². The Morgan fingerprint density at radius 3 is 1.91 bits per heavy atom. The number of ether oxygens (including phenoxy) is 2. The van der Waals surface area contributed by atoms with Crippen molar-refractivity contribution in [3.8, 4) is 0 Å². The average Bonchev–Trinajstić information content (AvgIpc) is 2.84. The van der Waals surface area contributed by atoms with Crippen molar-refractivity contribution in [2.45, 2.75) is 49.0 Å². The SMILES string of the molecule is COC(=O)C1C(C)SC2(C3CC4CC(C3)CC2C4)C1C(=O)OC. The van der Waals surface area contributed by atoms with Crippen LogP contribution in [0.15, 0.2) is 0 Å². The van der Waals surface area contributed by atoms with Crippen molar-refractivity contribution in [3.63, 3.8) is 0 Å². The van der Waals surface area contributed by atoms with Crippen LogP contribution in [-0.4, -0.2) is 36.2 Å². The van der Waals surface area contributed by atoms with E-state index in [1.807, 2.05) is 11.8 Å². The van der Waals surface area contributed by atoms with Gasteiger partial charge in [0.15, 0.2) is 0 Å². The molecule has 1 saturated heterocycles. The zero-order chi connectivity index (χ0) is 16.4. The molecule has 5 heteroatoms. The lowest BCUT2D eigenvalue weighted by Gasteiger charge is -2.61. The van der Waals surface area contributed by atoms with Crippen molar-refractivity contribution >= 4 is 23.7 Å². The summed E-state index contributed by atoms with van der Waals surface area (Å²) in [6, 6.07) is 0. The highest BCUT2D eigenvalue weighted by Gasteiger charge is 2.69. The van der Waals surface area contributed by atoms with Crippen molar-refractivity contribution in [2.75, 3.05) is 14.2 Å². The predicted molar refractivity (Wildman–Crippen MR) is 87.8 cm³/mol. The van der Waals surface area contributed by atoms with Crippen molar-refractivity contribution in [2.24, 2.45) is 35.5 Å². The van der Waals surface area contributed by atoms with Gasteiger partial charge >= 0.3 is 11.9 Å². The van der Waals surface area contributed by atoms with Gasteiger partial charge in [-0.1, -0.05) is 6.92 Å². The fourth-order valence-corrected chi connectivity index (χ4v) is 8.78. The van der Waals surface area contributed by atoms with E-state index >= 15 is 0 Å². The number of methoxy groups -OCH3 is 2. The summed E-state index contributed by atoms with van der Waals surface area (Å²) in [5, 5.41) is 0.115. The molecular weight excluding hydrogens is 312 g/mol. The maximum Gasteiger partial charge on any atom is 0.311 e. The van der Waals surface area contributed by atoms with Gasteiger partial charge in [-0.05, 0) is 55.8 Å². The lowest BCUT2D eigenvalue weighted by molar-refractivity contribution is -0.163. The third kappa shape index (κ3) is 2.04. The van der Waals surface area contributed by atoms with Crippen LogP contribution in [0, 0.1) is 35.5 Å². The molecule has 0 N–H and O–H groups in total. The monoisotopic (exact) mass is 338 g/mol. The van der Waals surface area contributed by atoms with Gasteiger partial charge in [0.1, 0.15) is 0 Å². The highest BCUT2D eigenvalue weighted by molar-refractivity contribution is 8.01. The topological polar surface area (TPSA) is 52.6 Å². The average molecular weight is 338 g/mol. The molecule has 128 valence electrons. The van der Waals surface area contributed by atoms with Gasteiger partial charge < -0.3 is 9.47 Å². The van der Waals surface area contributed by atoms with E-state index in [9.17, 15) is 9.59 Å². The molecular formula is C18H26O4S. The number of rotatable bonds is 2. The maximum absolute atomic E-state index is 12.7. The van der Waals surface area contributed by atoms with Gasteiger partial charge in [-0.3, -0.25) is 9.59 Å². The predicted octanol–water partition coefficient (Wildman–Crippen LogP) is 2.90. The molecule has 5 rings (SSSR count). The van der Waals surface area contributed by atoms with E-state index in [4.69, 9.17) is 9.47 Å². The van der Waals surface area contributed by atoms with Gasteiger partial charge in [-0.25, -0.2) is 0 Å². The molecule has 0 aromatic carbocycles. The Morgan fingerprint density at radius 2 is 1.43 bits per heavy atom. The van der Waals surface area contributed by atoms with Gasteiger partial charge in [0, 0.05) is 10.00 Å². The third-order valence-electron chi connectivity index (χ3n) is 7.08. The first-order valence-electron chi connectivity index (χ1n) is 8.84. The molecule has 1 heterocycles. The second kappa shape index (κ2) is 5.40. The number of carbonyl (C=O) groups excluding carboxylic acids is 2. The van der Waals surface area contributed by atoms with Crippen molar-refractivity contribution < 1.29 is 19.1 Å². The molecule has 23 heavy (non-hydrogen) atoms. The molecule has 0 aromatic rings. The van der Waals surface area contributed by atoms with Crippen LogP contribution in [0.25, 0.3) is 0 Å². The summed E-state index contributed by atoms with van der Waals surface area (Å²) in [5.74, 6) is 1.65. The summed E-state index contributed by atoms with van der Waals surface area (Å²) in [7, 11) is 2.88. The zero-order valence-electron chi connectivity index (χ0n) is 14.1. The molecule has 4 saturated carbocycles. The van der Waals surface area contributed by atoms with Crippen molar-refractivity contribution in [3.05, 3.63) is 0 Å². The first-order chi connectivity index (χ1) is 11.0. The summed E-state index contributed by atoms with van der Waals surface area (Å²) in [6.45, 7) is 2.09. The largest absolute Gasteiger partial charge is 0.469 e. The van der Waals surface area contributed by atoms with Crippen LogP contribution in [0.2, 0.25) is 0 Å². The Labute approximate surface area is 142 Å². The second-order valence-electron chi connectivity index (χ2n) is 8.03. The van der Waals surface area contributed by atoms with Crippen LogP contribution in [0.4, 0.5) is 0 Å². The molecule has 4 bridgehead atoms. The number of carbonyl (C=O) groups is 2. The van der Waals surface area contributed by atoms with E-state index in [0.717, 1.165) is 11.8 Å². The molecule has 0 aromatic heterocycles.